The number of carbonyl (C=O) groups excluding carboxylic acids is 1. The van der Waals surface area contributed by atoms with Gasteiger partial charge in [-0.3, -0.25) is 9.36 Å². The number of nitrogen functional groups attached to an aromatic ring is 1. The second-order valence-electron chi connectivity index (χ2n) is 9.35. The first-order valence-electron chi connectivity index (χ1n) is 10.8. The Hall–Kier alpha value is -1.96. The first-order valence-corrected chi connectivity index (χ1v) is 13.4. The molecular formula is C19H27FN7O5PS. The Morgan fingerprint density at radius 1 is 1.38 bits per heavy atom. The Morgan fingerprint density at radius 2 is 2.09 bits per heavy atom. The predicted octanol–water partition coefficient (Wildman–Crippen LogP) is 1.42. The van der Waals surface area contributed by atoms with E-state index >= 15 is 4.39 Å². The Morgan fingerprint density at radius 3 is 2.74 bits per heavy atom. The molecule has 7 atom stereocenters. The Bertz CT molecular complexity index is 1230. The van der Waals surface area contributed by atoms with Crippen LogP contribution in [0.5, 0.6) is 0 Å². The summed E-state index contributed by atoms with van der Waals surface area (Å²) in [6.45, 7) is 3.28. The molecule has 186 valence electrons. The van der Waals surface area contributed by atoms with Crippen LogP contribution < -0.4 is 15.7 Å². The fourth-order valence-electron chi connectivity index (χ4n) is 4.60. The quantitative estimate of drug-likeness (QED) is 0.425. The lowest BCUT2D eigenvalue weighted by Crippen LogP contribution is -2.44. The van der Waals surface area contributed by atoms with Gasteiger partial charge in [-0.05, 0) is 39.5 Å². The number of fused-ring (bicyclic) bond motifs is 2. The van der Waals surface area contributed by atoms with Crippen LogP contribution in [0.4, 0.5) is 16.2 Å². The number of anilines is 2. The van der Waals surface area contributed by atoms with Crippen molar-refractivity contribution in [2.45, 2.75) is 69.5 Å². The van der Waals surface area contributed by atoms with E-state index in [0.29, 0.717) is 17.0 Å². The van der Waals surface area contributed by atoms with Crippen LogP contribution in [0.25, 0.3) is 11.2 Å². The summed E-state index contributed by atoms with van der Waals surface area (Å²) in [5.41, 5.74) is 3.21. The van der Waals surface area contributed by atoms with Crippen LogP contribution in [0, 0.1) is 0 Å². The molecule has 0 bridgehead atoms. The average molecular weight is 516 g/mol. The molecule has 0 aromatic carbocycles. The number of aromatic nitrogens is 4. The molecule has 3 fully saturated rings. The van der Waals surface area contributed by atoms with E-state index in [4.69, 9.17) is 36.1 Å². The van der Waals surface area contributed by atoms with E-state index in [0.717, 1.165) is 0 Å². The molecule has 0 radical (unpaired) electrons. The first-order chi connectivity index (χ1) is 15.8. The van der Waals surface area contributed by atoms with E-state index in [-0.39, 0.29) is 12.1 Å². The molecule has 2 aromatic rings. The molecule has 3 aliphatic rings. The van der Waals surface area contributed by atoms with Crippen molar-refractivity contribution in [3.8, 4) is 0 Å². The lowest BCUT2D eigenvalue weighted by molar-refractivity contribution is -0.149. The highest BCUT2D eigenvalue weighted by Gasteiger charge is 2.90. The minimum Gasteiger partial charge on any atom is -0.462 e. The molecule has 12 nitrogen and oxygen atoms in total. The fourth-order valence-corrected chi connectivity index (χ4v) is 7.81. The number of nitrogens with one attached hydrogen (secondary N) is 1. The van der Waals surface area contributed by atoms with Gasteiger partial charge in [-0.2, -0.15) is 9.97 Å². The maximum atomic E-state index is 16.5. The van der Waals surface area contributed by atoms with E-state index in [1.807, 2.05) is 0 Å². The summed E-state index contributed by atoms with van der Waals surface area (Å²) in [5, 5.41) is 2.90. The van der Waals surface area contributed by atoms with E-state index in [2.05, 4.69) is 20.0 Å². The van der Waals surface area contributed by atoms with Crippen molar-refractivity contribution in [2.24, 2.45) is 0 Å². The van der Waals surface area contributed by atoms with Crippen molar-refractivity contribution in [1.29, 1.82) is 0 Å². The highest BCUT2D eigenvalue weighted by molar-refractivity contribution is 8.09. The molecule has 34 heavy (non-hydrogen) atoms. The zero-order valence-electron chi connectivity index (χ0n) is 19.6. The van der Waals surface area contributed by atoms with Crippen molar-refractivity contribution < 1.29 is 27.7 Å². The standard InChI is InChI=1S/C19H27FN7O5PS/c1-8(2)29-15(28)9(3)25-33(34)31-12-11-19(12,32-33)18(4,20)16(30-11)27-7-22-10-13(26(5)6)23-17(21)24-14(10)27/h7-9,11-12,16H,1-6H3,(H,25,34)(H2,21,23,24)/t9-,11+,12?,16+,18-,19-,33?/m0/s1. The van der Waals surface area contributed by atoms with Gasteiger partial charge < -0.3 is 29.2 Å². The third kappa shape index (κ3) is 3.27. The molecule has 1 spiro atoms. The second kappa shape index (κ2) is 7.52. The molecule has 3 N–H and O–H groups in total. The minimum atomic E-state index is -3.18. The molecule has 1 aliphatic carbocycles. The molecule has 5 rings (SSSR count). The lowest BCUT2D eigenvalue weighted by Gasteiger charge is -2.30. The predicted molar refractivity (Wildman–Crippen MR) is 124 cm³/mol. The van der Waals surface area contributed by atoms with Gasteiger partial charge in [0.05, 0.1) is 12.4 Å². The van der Waals surface area contributed by atoms with Crippen LogP contribution in [-0.4, -0.2) is 75.2 Å². The number of hydrogen-bond acceptors (Lipinski definition) is 11. The number of esters is 1. The van der Waals surface area contributed by atoms with Crippen LogP contribution in [0.2, 0.25) is 0 Å². The largest absolute Gasteiger partial charge is 0.462 e. The second-order valence-corrected chi connectivity index (χ2v) is 12.4. The lowest BCUT2D eigenvalue weighted by atomic mass is 9.97. The highest BCUT2D eigenvalue weighted by Crippen LogP contribution is 2.77. The number of alkyl halides is 1. The number of nitrogens with two attached hydrogens (primary N) is 1. The van der Waals surface area contributed by atoms with Gasteiger partial charge in [0.15, 0.2) is 34.5 Å². The van der Waals surface area contributed by atoms with Crippen LogP contribution in [0.1, 0.15) is 33.9 Å². The van der Waals surface area contributed by atoms with Crippen molar-refractivity contribution in [2.75, 3.05) is 24.7 Å². The number of nitrogens with zero attached hydrogens (tertiary/aromatic N) is 5. The van der Waals surface area contributed by atoms with Crippen LogP contribution in [0.3, 0.4) is 0 Å². The van der Waals surface area contributed by atoms with Gasteiger partial charge in [0.25, 0.3) is 6.64 Å². The summed E-state index contributed by atoms with van der Waals surface area (Å²) >= 11 is 5.55. The van der Waals surface area contributed by atoms with Crippen molar-refractivity contribution >= 4 is 47.3 Å². The van der Waals surface area contributed by atoms with Crippen LogP contribution >= 0.6 is 6.64 Å². The topological polar surface area (TPSA) is 139 Å². The number of hydrogen-bond donors (Lipinski definition) is 2. The first kappa shape index (κ1) is 23.8. The zero-order chi connectivity index (χ0) is 24.8. The van der Waals surface area contributed by atoms with Crippen LogP contribution in [-0.2, 0) is 35.1 Å². The maximum Gasteiger partial charge on any atom is 0.323 e. The number of imidazole rings is 1. The Kier molecular flexibility index (Phi) is 5.26. The average Bonchev–Trinajstić information content (AvgIpc) is 3.00. The van der Waals surface area contributed by atoms with Crippen molar-refractivity contribution in [3.05, 3.63) is 6.33 Å². The summed E-state index contributed by atoms with van der Waals surface area (Å²) in [5.74, 6) is 0.0343. The molecule has 2 aliphatic heterocycles. The molecule has 1 saturated carbocycles. The molecule has 15 heteroatoms. The molecule has 2 unspecified atom stereocenters. The third-order valence-electron chi connectivity index (χ3n) is 6.19. The summed E-state index contributed by atoms with van der Waals surface area (Å²) in [7, 11) is 3.59. The molecule has 2 saturated heterocycles. The molecule has 4 heterocycles. The summed E-state index contributed by atoms with van der Waals surface area (Å²) in [6, 6.07) is -0.786. The Labute approximate surface area is 200 Å². The Balaban J connectivity index is 1.42. The van der Waals surface area contributed by atoms with E-state index < -0.39 is 48.4 Å². The number of carbonyl (C=O) groups is 1. The summed E-state index contributed by atoms with van der Waals surface area (Å²) in [4.78, 5) is 26.8. The van der Waals surface area contributed by atoms with Gasteiger partial charge in [-0.1, -0.05) is 0 Å². The molecule has 0 amide bonds. The van der Waals surface area contributed by atoms with Crippen LogP contribution in [0.15, 0.2) is 6.33 Å². The SMILES string of the molecule is CC(C)OC(=O)[C@H](C)NP1(=S)OC2[C@H]3O[C@@H](n4cnc5c(N(C)C)nc(N)nc54)[C@](C)(F)[C@@]23O1. The van der Waals surface area contributed by atoms with Gasteiger partial charge in [0.2, 0.25) is 5.95 Å². The van der Waals surface area contributed by atoms with Gasteiger partial charge in [-0.25, -0.2) is 14.5 Å². The molecular weight excluding hydrogens is 488 g/mol. The van der Waals surface area contributed by atoms with Gasteiger partial charge in [-0.15, -0.1) is 0 Å². The number of ether oxygens (including phenoxy) is 2. The van der Waals surface area contributed by atoms with Gasteiger partial charge in [0.1, 0.15) is 18.2 Å². The van der Waals surface area contributed by atoms with E-state index in [1.54, 1.807) is 39.8 Å². The van der Waals surface area contributed by atoms with E-state index in [1.165, 1.54) is 17.8 Å². The maximum absolute atomic E-state index is 16.5. The molecule has 2 aromatic heterocycles. The minimum absolute atomic E-state index is 0.0279. The summed E-state index contributed by atoms with van der Waals surface area (Å²) < 4.78 is 41.2. The fraction of sp³-hybridized carbons (Fsp3) is 0.684. The normalized spacial score (nSPS) is 37.0. The van der Waals surface area contributed by atoms with E-state index in [9.17, 15) is 4.79 Å². The highest BCUT2D eigenvalue weighted by atomic mass is 32.5. The summed E-state index contributed by atoms with van der Waals surface area (Å²) in [6.07, 6.45) is -1.33. The van der Waals surface area contributed by atoms with Gasteiger partial charge >= 0.3 is 5.97 Å². The monoisotopic (exact) mass is 515 g/mol. The smallest absolute Gasteiger partial charge is 0.323 e. The van der Waals surface area contributed by atoms with Crippen molar-refractivity contribution in [3.63, 3.8) is 0 Å². The number of rotatable bonds is 6. The van der Waals surface area contributed by atoms with Crippen molar-refractivity contribution in [1.82, 2.24) is 24.6 Å². The number of halogens is 1. The van der Waals surface area contributed by atoms with Gasteiger partial charge in [0, 0.05) is 14.1 Å². The third-order valence-corrected chi connectivity index (χ3v) is 8.74. The zero-order valence-corrected chi connectivity index (χ0v) is 21.3.